The van der Waals surface area contributed by atoms with Crippen LogP contribution >= 0.6 is 11.6 Å². The zero-order chi connectivity index (χ0) is 14.2. The summed E-state index contributed by atoms with van der Waals surface area (Å²) in [5.74, 6) is 0. The molecule has 1 aliphatic heterocycles. The van der Waals surface area contributed by atoms with E-state index in [1.54, 1.807) is 0 Å². The molecule has 4 rings (SSSR count). The standard InChI is InChI=1S/C17H19ClN2O/c18-12-5-6-16-14(11-12)17(20-7-9-21-10-8-20)13-3-1-2-4-15(13)19-16/h5-6,11H,1-4,7-10H2. The molecule has 0 amide bonds. The molecule has 0 unspecified atom stereocenters. The van der Waals surface area contributed by atoms with Crippen LogP contribution in [0.2, 0.25) is 5.02 Å². The van der Waals surface area contributed by atoms with Crippen molar-refractivity contribution in [1.29, 1.82) is 0 Å². The van der Waals surface area contributed by atoms with E-state index in [-0.39, 0.29) is 0 Å². The van der Waals surface area contributed by atoms with Crippen LogP contribution in [0.5, 0.6) is 0 Å². The van der Waals surface area contributed by atoms with Crippen molar-refractivity contribution in [2.24, 2.45) is 0 Å². The third-order valence-electron chi connectivity index (χ3n) is 4.52. The molecule has 4 heteroatoms. The summed E-state index contributed by atoms with van der Waals surface area (Å²) < 4.78 is 5.52. The molecule has 110 valence electrons. The van der Waals surface area contributed by atoms with Crippen LogP contribution in [0.25, 0.3) is 10.9 Å². The van der Waals surface area contributed by atoms with Gasteiger partial charge in [-0.05, 0) is 49.4 Å². The Balaban J connectivity index is 1.96. The minimum absolute atomic E-state index is 0.787. The minimum atomic E-state index is 0.787. The van der Waals surface area contributed by atoms with Crippen molar-refractivity contribution < 1.29 is 4.74 Å². The van der Waals surface area contributed by atoms with Gasteiger partial charge in [-0.3, -0.25) is 4.98 Å². The van der Waals surface area contributed by atoms with Crippen LogP contribution in [0.3, 0.4) is 0 Å². The molecule has 2 aromatic rings. The van der Waals surface area contributed by atoms with Gasteiger partial charge in [0.05, 0.1) is 24.4 Å². The van der Waals surface area contributed by atoms with Gasteiger partial charge in [-0.2, -0.15) is 0 Å². The van der Waals surface area contributed by atoms with Crippen LogP contribution in [-0.2, 0) is 17.6 Å². The molecular weight excluding hydrogens is 284 g/mol. The van der Waals surface area contributed by atoms with Gasteiger partial charge in [0.2, 0.25) is 0 Å². The fraction of sp³-hybridized carbons (Fsp3) is 0.471. The Bertz CT molecular complexity index is 680. The summed E-state index contributed by atoms with van der Waals surface area (Å²) in [4.78, 5) is 7.36. The SMILES string of the molecule is Clc1ccc2nc3c(c(N4CCOCC4)c2c1)CCCC3. The van der Waals surface area contributed by atoms with Gasteiger partial charge in [0.25, 0.3) is 0 Å². The zero-order valence-electron chi connectivity index (χ0n) is 12.1. The number of morpholine rings is 1. The molecule has 21 heavy (non-hydrogen) atoms. The van der Waals surface area contributed by atoms with Gasteiger partial charge in [-0.15, -0.1) is 0 Å². The topological polar surface area (TPSA) is 25.4 Å². The van der Waals surface area contributed by atoms with Crippen LogP contribution in [-0.4, -0.2) is 31.3 Å². The molecule has 2 aliphatic rings. The van der Waals surface area contributed by atoms with Gasteiger partial charge < -0.3 is 9.64 Å². The molecule has 1 fully saturated rings. The van der Waals surface area contributed by atoms with Gasteiger partial charge in [0, 0.05) is 29.2 Å². The van der Waals surface area contributed by atoms with E-state index in [0.29, 0.717) is 0 Å². The molecule has 1 aromatic carbocycles. The molecular formula is C17H19ClN2O. The Morgan fingerprint density at radius 3 is 2.76 bits per heavy atom. The van der Waals surface area contributed by atoms with Crippen LogP contribution in [0.4, 0.5) is 5.69 Å². The van der Waals surface area contributed by atoms with Gasteiger partial charge in [0.1, 0.15) is 0 Å². The Morgan fingerprint density at radius 1 is 1.10 bits per heavy atom. The number of aryl methyl sites for hydroxylation is 1. The number of aromatic nitrogens is 1. The second-order valence-electron chi connectivity index (χ2n) is 5.85. The Hall–Kier alpha value is -1.32. The van der Waals surface area contributed by atoms with Gasteiger partial charge in [-0.25, -0.2) is 0 Å². The van der Waals surface area contributed by atoms with Crippen LogP contribution in [0.15, 0.2) is 18.2 Å². The molecule has 0 radical (unpaired) electrons. The first kappa shape index (κ1) is 13.4. The molecule has 0 saturated carbocycles. The number of hydrogen-bond donors (Lipinski definition) is 0. The van der Waals surface area contributed by atoms with E-state index < -0.39 is 0 Å². The molecule has 3 nitrogen and oxygen atoms in total. The van der Waals surface area contributed by atoms with Crippen molar-refractivity contribution in [2.45, 2.75) is 25.7 Å². The maximum atomic E-state index is 6.24. The van der Waals surface area contributed by atoms with Crippen molar-refractivity contribution >= 4 is 28.2 Å². The third-order valence-corrected chi connectivity index (χ3v) is 4.76. The number of halogens is 1. The van der Waals surface area contributed by atoms with E-state index in [9.17, 15) is 0 Å². The van der Waals surface area contributed by atoms with E-state index in [0.717, 1.165) is 49.7 Å². The number of benzene rings is 1. The second kappa shape index (κ2) is 5.47. The first-order valence-electron chi connectivity index (χ1n) is 7.76. The van der Waals surface area contributed by atoms with Gasteiger partial charge in [0.15, 0.2) is 0 Å². The number of anilines is 1. The lowest BCUT2D eigenvalue weighted by Gasteiger charge is -2.33. The molecule has 0 N–H and O–H groups in total. The summed E-state index contributed by atoms with van der Waals surface area (Å²) in [5.41, 5.74) is 5.16. The number of ether oxygens (including phenoxy) is 1. The smallest absolute Gasteiger partial charge is 0.0727 e. The van der Waals surface area contributed by atoms with Crippen molar-refractivity contribution in [2.75, 3.05) is 31.2 Å². The first-order chi connectivity index (χ1) is 10.3. The normalized spacial score (nSPS) is 18.8. The van der Waals surface area contributed by atoms with E-state index in [2.05, 4.69) is 17.0 Å². The highest BCUT2D eigenvalue weighted by molar-refractivity contribution is 6.31. The highest BCUT2D eigenvalue weighted by Crippen LogP contribution is 2.37. The lowest BCUT2D eigenvalue weighted by Crippen LogP contribution is -2.37. The summed E-state index contributed by atoms with van der Waals surface area (Å²) in [6.07, 6.45) is 4.75. The Morgan fingerprint density at radius 2 is 1.90 bits per heavy atom. The van der Waals surface area contributed by atoms with E-state index in [1.807, 2.05) is 6.07 Å². The molecule has 0 bridgehead atoms. The fourth-order valence-electron chi connectivity index (χ4n) is 3.52. The number of nitrogens with zero attached hydrogens (tertiary/aromatic N) is 2. The van der Waals surface area contributed by atoms with E-state index in [4.69, 9.17) is 21.3 Å². The first-order valence-corrected chi connectivity index (χ1v) is 8.14. The van der Waals surface area contributed by atoms with Gasteiger partial charge in [-0.1, -0.05) is 11.6 Å². The zero-order valence-corrected chi connectivity index (χ0v) is 12.8. The maximum absolute atomic E-state index is 6.24. The van der Waals surface area contributed by atoms with Crippen molar-refractivity contribution in [3.05, 3.63) is 34.5 Å². The predicted molar refractivity (Wildman–Crippen MR) is 86.4 cm³/mol. The highest BCUT2D eigenvalue weighted by Gasteiger charge is 2.23. The maximum Gasteiger partial charge on any atom is 0.0727 e. The minimum Gasteiger partial charge on any atom is -0.378 e. The van der Waals surface area contributed by atoms with Gasteiger partial charge >= 0.3 is 0 Å². The highest BCUT2D eigenvalue weighted by atomic mass is 35.5. The molecule has 1 saturated heterocycles. The Kier molecular flexibility index (Phi) is 3.48. The van der Waals surface area contributed by atoms with Crippen molar-refractivity contribution in [3.63, 3.8) is 0 Å². The summed E-state index contributed by atoms with van der Waals surface area (Å²) >= 11 is 6.24. The summed E-state index contributed by atoms with van der Waals surface area (Å²) in [6.45, 7) is 3.52. The van der Waals surface area contributed by atoms with E-state index in [1.165, 1.54) is 35.2 Å². The Labute approximate surface area is 129 Å². The lowest BCUT2D eigenvalue weighted by atomic mass is 9.92. The van der Waals surface area contributed by atoms with Crippen LogP contribution in [0.1, 0.15) is 24.1 Å². The number of fused-ring (bicyclic) bond motifs is 2. The van der Waals surface area contributed by atoms with E-state index >= 15 is 0 Å². The van der Waals surface area contributed by atoms with Crippen molar-refractivity contribution in [1.82, 2.24) is 4.98 Å². The number of rotatable bonds is 1. The van der Waals surface area contributed by atoms with Crippen molar-refractivity contribution in [3.8, 4) is 0 Å². The molecule has 0 atom stereocenters. The lowest BCUT2D eigenvalue weighted by molar-refractivity contribution is 0.122. The summed E-state index contributed by atoms with van der Waals surface area (Å²) in [7, 11) is 0. The third kappa shape index (κ3) is 2.39. The largest absolute Gasteiger partial charge is 0.378 e. The second-order valence-corrected chi connectivity index (χ2v) is 6.29. The van der Waals surface area contributed by atoms with Crippen LogP contribution in [0, 0.1) is 0 Å². The average Bonchev–Trinajstić information content (AvgIpc) is 2.53. The molecule has 2 heterocycles. The molecule has 0 spiro atoms. The number of pyridine rings is 1. The average molecular weight is 303 g/mol. The molecule has 1 aromatic heterocycles. The number of hydrogen-bond acceptors (Lipinski definition) is 3. The summed E-state index contributed by atoms with van der Waals surface area (Å²) in [6, 6.07) is 6.06. The predicted octanol–water partition coefficient (Wildman–Crippen LogP) is 3.60. The monoisotopic (exact) mass is 302 g/mol. The summed E-state index contributed by atoms with van der Waals surface area (Å²) in [5, 5.41) is 1.99. The fourth-order valence-corrected chi connectivity index (χ4v) is 3.69. The van der Waals surface area contributed by atoms with Crippen LogP contribution < -0.4 is 4.90 Å². The quantitative estimate of drug-likeness (QED) is 0.805. The molecule has 1 aliphatic carbocycles.